The second kappa shape index (κ2) is 9.75. The van der Waals surface area contributed by atoms with Gasteiger partial charge in [0.1, 0.15) is 0 Å². The number of unbranched alkanes of at least 4 members (excludes halogenated alkanes) is 1. The first-order valence-corrected chi connectivity index (χ1v) is 8.82. The molecule has 0 aliphatic carbocycles. The smallest absolute Gasteiger partial charge is 0.315 e. The van der Waals surface area contributed by atoms with Crippen molar-refractivity contribution in [2.45, 2.75) is 46.1 Å². The average Bonchev–Trinajstić information content (AvgIpc) is 3.15. The van der Waals surface area contributed by atoms with Crippen LogP contribution in [0.25, 0.3) is 5.69 Å². The normalized spacial score (nSPS) is 11.9. The monoisotopic (exact) mass is 328 g/mol. The molecule has 5 heteroatoms. The molecule has 2 N–H and O–H groups in total. The lowest BCUT2D eigenvalue weighted by atomic mass is 9.99. The summed E-state index contributed by atoms with van der Waals surface area (Å²) in [5.74, 6) is 0.564. The minimum atomic E-state index is -0.106. The largest absolute Gasteiger partial charge is 0.338 e. The van der Waals surface area contributed by atoms with Crippen molar-refractivity contribution in [2.24, 2.45) is 5.92 Å². The number of nitrogens with zero attached hydrogens (tertiary/aromatic N) is 2. The zero-order chi connectivity index (χ0) is 17.2. The van der Waals surface area contributed by atoms with E-state index in [9.17, 15) is 4.79 Å². The highest BCUT2D eigenvalue weighted by Gasteiger charge is 2.09. The van der Waals surface area contributed by atoms with E-state index in [1.807, 2.05) is 35.0 Å². The van der Waals surface area contributed by atoms with Gasteiger partial charge in [0.15, 0.2) is 0 Å². The summed E-state index contributed by atoms with van der Waals surface area (Å²) in [6, 6.07) is 7.90. The molecule has 0 saturated heterocycles. The summed E-state index contributed by atoms with van der Waals surface area (Å²) < 4.78 is 1.95. The molecule has 24 heavy (non-hydrogen) atoms. The van der Waals surface area contributed by atoms with Crippen molar-refractivity contribution < 1.29 is 4.79 Å². The van der Waals surface area contributed by atoms with Crippen molar-refractivity contribution in [1.82, 2.24) is 20.2 Å². The van der Waals surface area contributed by atoms with E-state index in [1.165, 1.54) is 19.3 Å². The highest BCUT2D eigenvalue weighted by atomic mass is 16.2. The van der Waals surface area contributed by atoms with E-state index >= 15 is 0 Å². The van der Waals surface area contributed by atoms with Crippen molar-refractivity contribution in [3.8, 4) is 5.69 Å². The molecule has 2 amide bonds. The standard InChI is InChI=1S/C19H28N4O/c1-3-5-8-16(4-2)13-21-19(24)22-14-17-9-6-7-10-18(17)23-12-11-20-15-23/h6-7,9-12,15-16H,3-5,8,13-14H2,1-2H3,(H2,21,22,24). The number of hydrogen-bond acceptors (Lipinski definition) is 2. The Kier molecular flexibility index (Phi) is 7.33. The number of amides is 2. The third-order valence-corrected chi connectivity index (χ3v) is 4.31. The number of hydrogen-bond donors (Lipinski definition) is 2. The molecule has 0 spiro atoms. The van der Waals surface area contributed by atoms with Crippen molar-refractivity contribution in [1.29, 1.82) is 0 Å². The van der Waals surface area contributed by atoms with Gasteiger partial charge < -0.3 is 15.2 Å². The maximum absolute atomic E-state index is 12.1. The van der Waals surface area contributed by atoms with E-state index in [-0.39, 0.29) is 6.03 Å². The minimum absolute atomic E-state index is 0.106. The molecule has 0 saturated carbocycles. The number of para-hydroxylation sites is 1. The molecule has 130 valence electrons. The van der Waals surface area contributed by atoms with Crippen molar-refractivity contribution in [3.63, 3.8) is 0 Å². The molecule has 0 bridgehead atoms. The highest BCUT2D eigenvalue weighted by molar-refractivity contribution is 5.73. The van der Waals surface area contributed by atoms with E-state index in [4.69, 9.17) is 0 Å². The van der Waals surface area contributed by atoms with Gasteiger partial charge in [-0.1, -0.05) is 51.3 Å². The van der Waals surface area contributed by atoms with Crippen LogP contribution in [0.2, 0.25) is 0 Å². The number of urea groups is 1. The van der Waals surface area contributed by atoms with Gasteiger partial charge in [0.05, 0.1) is 12.0 Å². The fourth-order valence-corrected chi connectivity index (χ4v) is 2.73. The first-order valence-electron chi connectivity index (χ1n) is 8.82. The molecular formula is C19H28N4O. The lowest BCUT2D eigenvalue weighted by molar-refractivity contribution is 0.237. The molecule has 0 aliphatic rings. The summed E-state index contributed by atoms with van der Waals surface area (Å²) >= 11 is 0. The average molecular weight is 328 g/mol. The molecule has 1 unspecified atom stereocenters. The summed E-state index contributed by atoms with van der Waals surface area (Å²) in [5, 5.41) is 5.95. The molecule has 0 aliphatic heterocycles. The third-order valence-electron chi connectivity index (χ3n) is 4.31. The Bertz CT molecular complexity index is 610. The Morgan fingerprint density at radius 1 is 1.25 bits per heavy atom. The van der Waals surface area contributed by atoms with Gasteiger partial charge in [0.2, 0.25) is 0 Å². The van der Waals surface area contributed by atoms with Gasteiger partial charge in [-0.15, -0.1) is 0 Å². The Morgan fingerprint density at radius 3 is 2.79 bits per heavy atom. The van der Waals surface area contributed by atoms with Gasteiger partial charge >= 0.3 is 6.03 Å². The van der Waals surface area contributed by atoms with Crippen molar-refractivity contribution in [3.05, 3.63) is 48.5 Å². The maximum atomic E-state index is 12.1. The van der Waals surface area contributed by atoms with Crippen molar-refractivity contribution >= 4 is 6.03 Å². The topological polar surface area (TPSA) is 59.0 Å². The van der Waals surface area contributed by atoms with Crippen LogP contribution >= 0.6 is 0 Å². The zero-order valence-electron chi connectivity index (χ0n) is 14.7. The Morgan fingerprint density at radius 2 is 2.08 bits per heavy atom. The number of carbonyl (C=O) groups excluding carboxylic acids is 1. The fraction of sp³-hybridized carbons (Fsp3) is 0.474. The molecule has 1 atom stereocenters. The molecular weight excluding hydrogens is 300 g/mol. The predicted octanol–water partition coefficient (Wildman–Crippen LogP) is 3.89. The second-order valence-corrected chi connectivity index (χ2v) is 6.08. The molecule has 2 rings (SSSR count). The maximum Gasteiger partial charge on any atom is 0.315 e. The van der Waals surface area contributed by atoms with E-state index in [0.29, 0.717) is 12.5 Å². The lowest BCUT2D eigenvalue weighted by Gasteiger charge is -2.16. The second-order valence-electron chi connectivity index (χ2n) is 6.08. The third kappa shape index (κ3) is 5.41. The molecule has 1 aromatic heterocycles. The predicted molar refractivity (Wildman–Crippen MR) is 97.1 cm³/mol. The minimum Gasteiger partial charge on any atom is -0.338 e. The summed E-state index contributed by atoms with van der Waals surface area (Å²) in [6.45, 7) is 5.61. The van der Waals surface area contributed by atoms with Crippen LogP contribution in [0.5, 0.6) is 0 Å². The summed E-state index contributed by atoms with van der Waals surface area (Å²) in [4.78, 5) is 16.1. The molecule has 0 fully saturated rings. The van der Waals surface area contributed by atoms with Crippen LogP contribution in [0.3, 0.4) is 0 Å². The van der Waals surface area contributed by atoms with Gasteiger partial charge in [-0.05, 0) is 24.0 Å². The number of nitrogens with one attached hydrogen (secondary N) is 2. The summed E-state index contributed by atoms with van der Waals surface area (Å²) in [6.07, 6.45) is 10.1. The molecule has 0 radical (unpaired) electrons. The van der Waals surface area contributed by atoms with E-state index in [1.54, 1.807) is 12.5 Å². The SMILES string of the molecule is CCCCC(CC)CNC(=O)NCc1ccccc1-n1ccnc1. The van der Waals surface area contributed by atoms with Crippen LogP contribution in [-0.2, 0) is 6.54 Å². The van der Waals surface area contributed by atoms with Crippen LogP contribution in [0.15, 0.2) is 43.0 Å². The Hall–Kier alpha value is -2.30. The quantitative estimate of drug-likeness (QED) is 0.734. The van der Waals surface area contributed by atoms with Crippen LogP contribution in [0, 0.1) is 5.92 Å². The number of rotatable bonds is 9. The summed E-state index contributed by atoms with van der Waals surface area (Å²) in [5.41, 5.74) is 2.09. The van der Waals surface area contributed by atoms with E-state index < -0.39 is 0 Å². The van der Waals surface area contributed by atoms with Gasteiger partial charge in [0.25, 0.3) is 0 Å². The molecule has 2 aromatic rings. The first-order chi connectivity index (χ1) is 11.7. The molecule has 1 aromatic carbocycles. The lowest BCUT2D eigenvalue weighted by Crippen LogP contribution is -2.38. The van der Waals surface area contributed by atoms with Gasteiger partial charge in [-0.2, -0.15) is 0 Å². The van der Waals surface area contributed by atoms with Crippen LogP contribution in [0.4, 0.5) is 4.79 Å². The van der Waals surface area contributed by atoms with Gasteiger partial charge in [-0.3, -0.25) is 0 Å². The van der Waals surface area contributed by atoms with Crippen LogP contribution < -0.4 is 10.6 Å². The zero-order valence-corrected chi connectivity index (χ0v) is 14.7. The first kappa shape index (κ1) is 18.0. The highest BCUT2D eigenvalue weighted by Crippen LogP contribution is 2.14. The fourth-order valence-electron chi connectivity index (χ4n) is 2.73. The van der Waals surface area contributed by atoms with Crippen molar-refractivity contribution in [2.75, 3.05) is 6.54 Å². The number of carbonyl (C=O) groups is 1. The Labute approximate surface area is 144 Å². The van der Waals surface area contributed by atoms with E-state index in [2.05, 4.69) is 29.5 Å². The van der Waals surface area contributed by atoms with Crippen LogP contribution in [-0.4, -0.2) is 22.1 Å². The van der Waals surface area contributed by atoms with Gasteiger partial charge in [-0.25, -0.2) is 9.78 Å². The number of aromatic nitrogens is 2. The van der Waals surface area contributed by atoms with Crippen LogP contribution in [0.1, 0.15) is 45.1 Å². The molecule has 1 heterocycles. The Balaban J connectivity index is 1.84. The molecule has 5 nitrogen and oxygen atoms in total. The van der Waals surface area contributed by atoms with E-state index in [0.717, 1.165) is 24.2 Å². The number of benzene rings is 1. The van der Waals surface area contributed by atoms with Gasteiger partial charge in [0, 0.05) is 25.5 Å². The summed E-state index contributed by atoms with van der Waals surface area (Å²) in [7, 11) is 0. The number of imidazole rings is 1.